The van der Waals surface area contributed by atoms with Crippen molar-refractivity contribution in [2.24, 2.45) is 17.8 Å². The summed E-state index contributed by atoms with van der Waals surface area (Å²) in [5.41, 5.74) is -0.578. The molecule has 2 N–H and O–H groups in total. The molecule has 1 saturated carbocycles. The molecule has 1 aliphatic rings. The average Bonchev–Trinajstić information content (AvgIpc) is 2.45. The average molecular weight is 213 g/mol. The summed E-state index contributed by atoms with van der Waals surface area (Å²) in [6.45, 7) is 11.4. The first kappa shape index (κ1) is 13.0. The number of rotatable bonds is 4. The van der Waals surface area contributed by atoms with Gasteiger partial charge in [-0.05, 0) is 37.5 Å². The van der Waals surface area contributed by atoms with Crippen molar-refractivity contribution in [1.29, 1.82) is 0 Å². The van der Waals surface area contributed by atoms with E-state index in [1.807, 2.05) is 6.92 Å². The Hall–Kier alpha value is -0.0800. The van der Waals surface area contributed by atoms with Gasteiger partial charge in [-0.1, -0.05) is 27.7 Å². The van der Waals surface area contributed by atoms with Gasteiger partial charge in [0.1, 0.15) is 0 Å². The Morgan fingerprint density at radius 3 is 2.33 bits per heavy atom. The molecule has 0 aliphatic heterocycles. The van der Waals surface area contributed by atoms with E-state index < -0.39 is 5.60 Å². The van der Waals surface area contributed by atoms with Crippen LogP contribution in [0.1, 0.15) is 47.5 Å². The normalized spacial score (nSPS) is 35.8. The molecule has 2 heteroatoms. The molecular formula is C13H27NO. The molecule has 2 nitrogen and oxygen atoms in total. The van der Waals surface area contributed by atoms with Crippen LogP contribution in [-0.2, 0) is 0 Å². The Labute approximate surface area is 94.5 Å². The first-order valence-electron chi connectivity index (χ1n) is 6.30. The Bertz CT molecular complexity index is 201. The molecule has 0 radical (unpaired) electrons. The van der Waals surface area contributed by atoms with E-state index in [2.05, 4.69) is 33.0 Å². The molecule has 0 aromatic carbocycles. The van der Waals surface area contributed by atoms with E-state index in [0.29, 0.717) is 18.5 Å². The van der Waals surface area contributed by atoms with E-state index in [-0.39, 0.29) is 0 Å². The van der Waals surface area contributed by atoms with Gasteiger partial charge in [0.15, 0.2) is 0 Å². The predicted molar refractivity (Wildman–Crippen MR) is 64.8 cm³/mol. The van der Waals surface area contributed by atoms with E-state index in [0.717, 1.165) is 11.8 Å². The lowest BCUT2D eigenvalue weighted by atomic mass is 9.91. The Morgan fingerprint density at radius 2 is 1.93 bits per heavy atom. The maximum Gasteiger partial charge on any atom is 0.0766 e. The molecular weight excluding hydrogens is 186 g/mol. The van der Waals surface area contributed by atoms with E-state index in [4.69, 9.17) is 0 Å². The van der Waals surface area contributed by atoms with Gasteiger partial charge in [-0.15, -0.1) is 0 Å². The first-order chi connectivity index (χ1) is 6.84. The van der Waals surface area contributed by atoms with Crippen LogP contribution in [0.2, 0.25) is 0 Å². The van der Waals surface area contributed by atoms with Crippen LogP contribution in [0.3, 0.4) is 0 Å². The van der Waals surface area contributed by atoms with E-state index in [9.17, 15) is 5.11 Å². The number of aliphatic hydroxyl groups is 1. The summed E-state index contributed by atoms with van der Waals surface area (Å²) in [7, 11) is 0. The molecule has 1 fully saturated rings. The van der Waals surface area contributed by atoms with Crippen LogP contribution in [0.4, 0.5) is 0 Å². The monoisotopic (exact) mass is 213 g/mol. The topological polar surface area (TPSA) is 32.3 Å². The molecule has 1 rings (SSSR count). The summed E-state index contributed by atoms with van der Waals surface area (Å²) in [5, 5.41) is 13.7. The van der Waals surface area contributed by atoms with Crippen LogP contribution in [0, 0.1) is 17.8 Å². The van der Waals surface area contributed by atoms with Crippen LogP contribution in [0.25, 0.3) is 0 Å². The summed E-state index contributed by atoms with van der Waals surface area (Å²) in [4.78, 5) is 0. The highest BCUT2D eigenvalue weighted by Crippen LogP contribution is 2.31. The molecule has 0 aromatic rings. The van der Waals surface area contributed by atoms with Crippen molar-refractivity contribution in [1.82, 2.24) is 5.32 Å². The third-order valence-corrected chi connectivity index (χ3v) is 4.43. The first-order valence-corrected chi connectivity index (χ1v) is 6.30. The largest absolute Gasteiger partial charge is 0.389 e. The molecule has 0 bridgehead atoms. The molecule has 0 saturated heterocycles. The number of nitrogens with one attached hydrogen (secondary N) is 1. The minimum atomic E-state index is -0.578. The van der Waals surface area contributed by atoms with Crippen molar-refractivity contribution in [3.05, 3.63) is 0 Å². The highest BCUT2D eigenvalue weighted by molar-refractivity contribution is 4.88. The van der Waals surface area contributed by atoms with Gasteiger partial charge in [0.25, 0.3) is 0 Å². The fourth-order valence-corrected chi connectivity index (χ4v) is 2.19. The second-order valence-corrected chi connectivity index (χ2v) is 5.91. The zero-order valence-corrected chi connectivity index (χ0v) is 10.9. The van der Waals surface area contributed by atoms with E-state index in [1.165, 1.54) is 12.8 Å². The van der Waals surface area contributed by atoms with E-state index >= 15 is 0 Å². The van der Waals surface area contributed by atoms with Crippen LogP contribution in [0.5, 0.6) is 0 Å². The number of hydrogen-bond acceptors (Lipinski definition) is 2. The van der Waals surface area contributed by atoms with Crippen molar-refractivity contribution in [3.8, 4) is 0 Å². The van der Waals surface area contributed by atoms with Gasteiger partial charge in [0.05, 0.1) is 5.60 Å². The van der Waals surface area contributed by atoms with Crippen molar-refractivity contribution in [2.45, 2.75) is 59.1 Å². The fraction of sp³-hybridized carbons (Fsp3) is 1.00. The van der Waals surface area contributed by atoms with Gasteiger partial charge in [0.2, 0.25) is 0 Å². The van der Waals surface area contributed by atoms with Gasteiger partial charge < -0.3 is 10.4 Å². The Morgan fingerprint density at radius 1 is 1.33 bits per heavy atom. The molecule has 1 aliphatic carbocycles. The number of hydrogen-bond donors (Lipinski definition) is 2. The predicted octanol–water partition coefficient (Wildman–Crippen LogP) is 2.42. The molecule has 4 atom stereocenters. The lowest BCUT2D eigenvalue weighted by molar-refractivity contribution is 0.0107. The fourth-order valence-electron chi connectivity index (χ4n) is 2.19. The maximum atomic E-state index is 10.1. The quantitative estimate of drug-likeness (QED) is 0.751. The third-order valence-electron chi connectivity index (χ3n) is 4.43. The summed E-state index contributed by atoms with van der Waals surface area (Å²) in [6, 6.07) is 0.602. The van der Waals surface area contributed by atoms with Crippen LogP contribution in [0.15, 0.2) is 0 Å². The minimum Gasteiger partial charge on any atom is -0.389 e. The lowest BCUT2D eigenvalue weighted by Crippen LogP contribution is -2.46. The molecule has 0 aromatic heterocycles. The zero-order valence-electron chi connectivity index (χ0n) is 10.9. The van der Waals surface area contributed by atoms with Crippen LogP contribution >= 0.6 is 0 Å². The molecule has 90 valence electrons. The lowest BCUT2D eigenvalue weighted by Gasteiger charge is -2.31. The van der Waals surface area contributed by atoms with Crippen molar-refractivity contribution >= 4 is 0 Å². The van der Waals surface area contributed by atoms with Gasteiger partial charge in [-0.25, -0.2) is 0 Å². The summed E-state index contributed by atoms with van der Waals surface area (Å²) < 4.78 is 0. The van der Waals surface area contributed by atoms with Crippen molar-refractivity contribution < 1.29 is 5.11 Å². The molecule has 0 spiro atoms. The molecule has 15 heavy (non-hydrogen) atoms. The van der Waals surface area contributed by atoms with Crippen molar-refractivity contribution in [2.75, 3.05) is 6.54 Å². The highest BCUT2D eigenvalue weighted by Gasteiger charge is 2.32. The second-order valence-electron chi connectivity index (χ2n) is 5.91. The minimum absolute atomic E-state index is 0.305. The van der Waals surface area contributed by atoms with Gasteiger partial charge in [-0.2, -0.15) is 0 Å². The highest BCUT2D eigenvalue weighted by atomic mass is 16.3. The van der Waals surface area contributed by atoms with E-state index in [1.54, 1.807) is 0 Å². The van der Waals surface area contributed by atoms with Gasteiger partial charge in [0, 0.05) is 12.6 Å². The van der Waals surface area contributed by atoms with Gasteiger partial charge >= 0.3 is 0 Å². The molecule has 0 heterocycles. The third kappa shape index (κ3) is 3.18. The summed E-state index contributed by atoms with van der Waals surface area (Å²) in [5.74, 6) is 1.87. The summed E-state index contributed by atoms with van der Waals surface area (Å²) in [6.07, 6.45) is 2.58. The van der Waals surface area contributed by atoms with Crippen LogP contribution in [-0.4, -0.2) is 23.3 Å². The molecule has 0 amide bonds. The maximum absolute atomic E-state index is 10.1. The SMILES string of the molecule is CC1CCC(NCC(C)(O)C(C)C)C1C. The smallest absolute Gasteiger partial charge is 0.0766 e. The zero-order chi connectivity index (χ0) is 11.6. The summed E-state index contributed by atoms with van der Waals surface area (Å²) >= 11 is 0. The van der Waals surface area contributed by atoms with Crippen molar-refractivity contribution in [3.63, 3.8) is 0 Å². The van der Waals surface area contributed by atoms with Gasteiger partial charge in [-0.3, -0.25) is 0 Å². The molecule has 4 unspecified atom stereocenters. The van der Waals surface area contributed by atoms with Crippen LogP contribution < -0.4 is 5.32 Å². The Balaban J connectivity index is 2.38. The Kier molecular flexibility index (Phi) is 4.19. The second kappa shape index (κ2) is 4.84. The standard InChI is InChI=1S/C13H27NO/c1-9(2)13(5,15)8-14-12-7-6-10(3)11(12)4/h9-12,14-15H,6-8H2,1-5H3.